The van der Waals surface area contributed by atoms with Crippen molar-refractivity contribution >= 4 is 0 Å². The van der Waals surface area contributed by atoms with E-state index in [1.165, 1.54) is 0 Å². The van der Waals surface area contributed by atoms with Gasteiger partial charge >= 0.3 is 0 Å². The number of nitrogens with zero attached hydrogens (tertiary/aromatic N) is 2. The summed E-state index contributed by atoms with van der Waals surface area (Å²) in [5.74, 6) is 2.54. The van der Waals surface area contributed by atoms with Gasteiger partial charge in [-0.2, -0.15) is 0 Å². The van der Waals surface area contributed by atoms with Crippen LogP contribution in [0, 0.1) is 0 Å². The Balaban J connectivity index is 1.41. The van der Waals surface area contributed by atoms with E-state index in [9.17, 15) is 0 Å². The van der Waals surface area contributed by atoms with Gasteiger partial charge in [0.2, 0.25) is 11.8 Å². The molecule has 144 valence electrons. The lowest BCUT2D eigenvalue weighted by molar-refractivity contribution is 0.103. The van der Waals surface area contributed by atoms with Crippen LogP contribution in [0.4, 0.5) is 0 Å². The normalized spacial score (nSPS) is 10.5. The maximum Gasteiger partial charge on any atom is 0.224 e. The summed E-state index contributed by atoms with van der Waals surface area (Å²) >= 11 is 0. The number of pyridine rings is 2. The minimum Gasteiger partial charge on any atom is -0.439 e. The molecule has 0 N–H and O–H groups in total. The minimum absolute atomic E-state index is 0.357. The van der Waals surface area contributed by atoms with Crippen molar-refractivity contribution in [2.24, 2.45) is 0 Å². The van der Waals surface area contributed by atoms with Crippen molar-refractivity contribution in [1.29, 1.82) is 0 Å². The molecule has 0 aliphatic rings. The van der Waals surface area contributed by atoms with E-state index >= 15 is 0 Å². The molecule has 2 aromatic heterocycles. The zero-order valence-corrected chi connectivity index (χ0v) is 15.8. The second-order valence-corrected chi connectivity index (χ2v) is 6.26. The lowest BCUT2D eigenvalue weighted by Crippen LogP contribution is -2.00. The second kappa shape index (κ2) is 9.48. The van der Waals surface area contributed by atoms with Crippen molar-refractivity contribution in [2.75, 3.05) is 0 Å². The van der Waals surface area contributed by atoms with Gasteiger partial charge in [-0.25, -0.2) is 9.97 Å². The molecule has 29 heavy (non-hydrogen) atoms. The molecule has 4 aromatic rings. The zero-order chi connectivity index (χ0) is 19.7. The molecule has 4 rings (SSSR count). The molecule has 0 aliphatic carbocycles. The highest BCUT2D eigenvalue weighted by Crippen LogP contribution is 2.25. The number of ether oxygens (including phenoxy) is 3. The van der Waals surface area contributed by atoms with E-state index in [4.69, 9.17) is 14.2 Å². The van der Waals surface area contributed by atoms with E-state index in [0.29, 0.717) is 25.0 Å². The van der Waals surface area contributed by atoms with Gasteiger partial charge in [-0.05, 0) is 48.5 Å². The summed E-state index contributed by atoms with van der Waals surface area (Å²) in [7, 11) is 0. The van der Waals surface area contributed by atoms with Crippen molar-refractivity contribution in [3.63, 3.8) is 0 Å². The van der Waals surface area contributed by atoms with E-state index < -0.39 is 0 Å². The highest BCUT2D eigenvalue weighted by Gasteiger charge is 2.09. The summed E-state index contributed by atoms with van der Waals surface area (Å²) in [6.07, 6.45) is 3.41. The Bertz CT molecular complexity index is 955. The first-order chi connectivity index (χ1) is 14.4. The first-order valence-electron chi connectivity index (χ1n) is 9.30. The summed E-state index contributed by atoms with van der Waals surface area (Å²) in [6, 6.07) is 26.7. The number of hydrogen-bond donors (Lipinski definition) is 0. The van der Waals surface area contributed by atoms with Gasteiger partial charge in [0.15, 0.2) is 0 Å². The molecule has 0 fully saturated rings. The van der Waals surface area contributed by atoms with Gasteiger partial charge in [0.25, 0.3) is 0 Å². The summed E-state index contributed by atoms with van der Waals surface area (Å²) < 4.78 is 17.7. The van der Waals surface area contributed by atoms with E-state index in [-0.39, 0.29) is 0 Å². The first kappa shape index (κ1) is 18.7. The maximum absolute atomic E-state index is 5.92. The molecule has 0 unspecified atom stereocenters. The molecule has 5 nitrogen and oxygen atoms in total. The molecule has 0 saturated heterocycles. The predicted octanol–water partition coefficient (Wildman–Crippen LogP) is 5.78. The molecule has 0 bridgehead atoms. The van der Waals surface area contributed by atoms with E-state index in [2.05, 4.69) is 9.97 Å². The van der Waals surface area contributed by atoms with Crippen LogP contribution in [0.5, 0.6) is 23.3 Å². The summed E-state index contributed by atoms with van der Waals surface area (Å²) in [4.78, 5) is 8.67. The first-order valence-corrected chi connectivity index (χ1v) is 9.30. The molecule has 0 aliphatic heterocycles. The summed E-state index contributed by atoms with van der Waals surface area (Å²) in [5, 5.41) is 0. The molecule has 0 radical (unpaired) electrons. The van der Waals surface area contributed by atoms with Crippen LogP contribution in [0.1, 0.15) is 11.1 Å². The van der Waals surface area contributed by atoms with Crippen LogP contribution in [0.25, 0.3) is 0 Å². The maximum atomic E-state index is 5.92. The molecule has 0 amide bonds. The third-order valence-electron chi connectivity index (χ3n) is 4.13. The molecule has 0 spiro atoms. The zero-order valence-electron chi connectivity index (χ0n) is 15.8. The Morgan fingerprint density at radius 3 is 1.41 bits per heavy atom. The average Bonchev–Trinajstić information content (AvgIpc) is 2.78. The Kier molecular flexibility index (Phi) is 6.10. The number of hydrogen-bond acceptors (Lipinski definition) is 5. The molecule has 0 atom stereocenters. The smallest absolute Gasteiger partial charge is 0.224 e. The monoisotopic (exact) mass is 384 g/mol. The third kappa shape index (κ3) is 5.18. The van der Waals surface area contributed by atoms with Crippen LogP contribution in [-0.2, 0) is 18.0 Å². The topological polar surface area (TPSA) is 53.5 Å². The van der Waals surface area contributed by atoms with Crippen molar-refractivity contribution < 1.29 is 14.2 Å². The van der Waals surface area contributed by atoms with Crippen LogP contribution in [-0.4, -0.2) is 9.97 Å². The second-order valence-electron chi connectivity index (χ2n) is 6.26. The Labute approximate surface area is 169 Å². The molecule has 5 heteroatoms. The van der Waals surface area contributed by atoms with Crippen molar-refractivity contribution in [1.82, 2.24) is 9.97 Å². The van der Waals surface area contributed by atoms with E-state index in [0.717, 1.165) is 22.6 Å². The number of rotatable bonds is 8. The van der Waals surface area contributed by atoms with Crippen LogP contribution >= 0.6 is 0 Å². The van der Waals surface area contributed by atoms with Crippen LogP contribution < -0.4 is 9.47 Å². The Morgan fingerprint density at radius 1 is 0.517 bits per heavy atom. The fraction of sp³-hybridized carbons (Fsp3) is 0.0833. The standard InChI is InChI=1S/C24H20N2O3/c1-3-11-21(12-4-1)28-23-19(9-7-15-25-23)17-27-18-20-10-8-16-26-24(20)29-22-13-5-2-6-14-22/h1-16H,17-18H2. The lowest BCUT2D eigenvalue weighted by atomic mass is 10.2. The van der Waals surface area contributed by atoms with Gasteiger partial charge in [-0.3, -0.25) is 0 Å². The van der Waals surface area contributed by atoms with Gasteiger partial charge in [-0.1, -0.05) is 36.4 Å². The Morgan fingerprint density at radius 2 is 0.966 bits per heavy atom. The SMILES string of the molecule is c1ccc(Oc2ncccc2COCc2cccnc2Oc2ccccc2)cc1. The van der Waals surface area contributed by atoms with Gasteiger partial charge < -0.3 is 14.2 Å². The largest absolute Gasteiger partial charge is 0.439 e. The number of para-hydroxylation sites is 2. The molecule has 2 aromatic carbocycles. The summed E-state index contributed by atoms with van der Waals surface area (Å²) in [6.45, 7) is 0.714. The van der Waals surface area contributed by atoms with Gasteiger partial charge in [0.05, 0.1) is 13.2 Å². The van der Waals surface area contributed by atoms with Gasteiger partial charge in [0.1, 0.15) is 11.5 Å². The highest BCUT2D eigenvalue weighted by atomic mass is 16.5. The Hall–Kier alpha value is -3.70. The molecule has 2 heterocycles. The number of aromatic nitrogens is 2. The number of benzene rings is 2. The van der Waals surface area contributed by atoms with Crippen LogP contribution in [0.3, 0.4) is 0 Å². The minimum atomic E-state index is 0.357. The third-order valence-corrected chi connectivity index (χ3v) is 4.13. The van der Waals surface area contributed by atoms with Crippen LogP contribution in [0.2, 0.25) is 0 Å². The fourth-order valence-electron chi connectivity index (χ4n) is 2.72. The lowest BCUT2D eigenvalue weighted by Gasteiger charge is -2.12. The van der Waals surface area contributed by atoms with Crippen molar-refractivity contribution in [2.45, 2.75) is 13.2 Å². The van der Waals surface area contributed by atoms with Crippen molar-refractivity contribution in [3.05, 3.63) is 108 Å². The molecular formula is C24H20N2O3. The van der Waals surface area contributed by atoms with Gasteiger partial charge in [0, 0.05) is 23.5 Å². The molecule has 0 saturated carbocycles. The fourth-order valence-corrected chi connectivity index (χ4v) is 2.72. The van der Waals surface area contributed by atoms with Crippen LogP contribution in [0.15, 0.2) is 97.3 Å². The van der Waals surface area contributed by atoms with Crippen molar-refractivity contribution in [3.8, 4) is 23.3 Å². The van der Waals surface area contributed by atoms with E-state index in [1.54, 1.807) is 12.4 Å². The summed E-state index contributed by atoms with van der Waals surface area (Å²) in [5.41, 5.74) is 1.73. The van der Waals surface area contributed by atoms with Gasteiger partial charge in [-0.15, -0.1) is 0 Å². The quantitative estimate of drug-likeness (QED) is 0.385. The van der Waals surface area contributed by atoms with E-state index in [1.807, 2.05) is 84.9 Å². The predicted molar refractivity (Wildman–Crippen MR) is 110 cm³/mol. The highest BCUT2D eigenvalue weighted by molar-refractivity contribution is 5.33. The average molecular weight is 384 g/mol. The molecular weight excluding hydrogens is 364 g/mol.